The van der Waals surface area contributed by atoms with Crippen LogP contribution in [0.5, 0.6) is 23.0 Å². The molecule has 0 aliphatic carbocycles. The van der Waals surface area contributed by atoms with Crippen molar-refractivity contribution in [1.82, 2.24) is 19.8 Å². The van der Waals surface area contributed by atoms with E-state index in [-0.39, 0.29) is 50.4 Å². The smallest absolute Gasteiger partial charge is 0.323 e. The molecule has 74 heavy (non-hydrogen) atoms. The molecule has 2 unspecified atom stereocenters. The summed E-state index contributed by atoms with van der Waals surface area (Å²) in [6.07, 6.45) is 11.5. The fourth-order valence-corrected chi connectivity index (χ4v) is 10.1. The number of hydrogen-bond acceptors (Lipinski definition) is 14. The highest BCUT2D eigenvalue weighted by molar-refractivity contribution is 6.32. The summed E-state index contributed by atoms with van der Waals surface area (Å²) in [7, 11) is 2.82. The minimum atomic E-state index is -0.380. The maximum Gasteiger partial charge on any atom is 0.323 e. The number of benzene rings is 4. The third-order valence-electron chi connectivity index (χ3n) is 13.7. The summed E-state index contributed by atoms with van der Waals surface area (Å²) in [5, 5.41) is 19.7. The molecular formula is C58H58Cl2N6O8. The van der Waals surface area contributed by atoms with Crippen molar-refractivity contribution in [2.75, 3.05) is 27.3 Å². The molecule has 4 heterocycles. The molecule has 0 radical (unpaired) electrons. The number of methoxy groups -OCH3 is 2. The maximum atomic E-state index is 12.8. The summed E-state index contributed by atoms with van der Waals surface area (Å²) in [6, 6.07) is 26.5. The first-order valence-electron chi connectivity index (χ1n) is 24.6. The van der Waals surface area contributed by atoms with Crippen molar-refractivity contribution in [1.29, 1.82) is 10.5 Å². The van der Waals surface area contributed by atoms with Gasteiger partial charge in [0.15, 0.2) is 0 Å². The van der Waals surface area contributed by atoms with Gasteiger partial charge in [0.25, 0.3) is 0 Å². The largest absolute Gasteiger partial charge is 0.488 e. The second kappa shape index (κ2) is 25.2. The highest BCUT2D eigenvalue weighted by atomic mass is 35.5. The minimum Gasteiger partial charge on any atom is -0.488 e. The molecule has 2 saturated heterocycles. The first kappa shape index (κ1) is 53.1. The van der Waals surface area contributed by atoms with Gasteiger partial charge in [0.05, 0.1) is 35.4 Å². The van der Waals surface area contributed by atoms with Gasteiger partial charge in [-0.3, -0.25) is 29.4 Å². The number of hydrogen-bond donors (Lipinski definition) is 0. The van der Waals surface area contributed by atoms with Crippen LogP contribution in [0.25, 0.3) is 11.1 Å². The number of carbonyl (C=O) groups excluding carboxylic acids is 2. The van der Waals surface area contributed by atoms with Crippen molar-refractivity contribution < 1.29 is 38.0 Å². The van der Waals surface area contributed by atoms with E-state index in [1.807, 2.05) is 36.4 Å². The molecule has 8 rings (SSSR count). The van der Waals surface area contributed by atoms with Gasteiger partial charge in [-0.1, -0.05) is 72.4 Å². The third-order valence-corrected chi connectivity index (χ3v) is 14.3. The fourth-order valence-electron chi connectivity index (χ4n) is 9.64. The van der Waals surface area contributed by atoms with E-state index in [9.17, 15) is 20.1 Å². The van der Waals surface area contributed by atoms with Crippen molar-refractivity contribution >= 4 is 35.1 Å². The van der Waals surface area contributed by atoms with Gasteiger partial charge in [-0.25, -0.2) is 0 Å². The van der Waals surface area contributed by atoms with Crippen LogP contribution in [0.1, 0.15) is 94.2 Å². The molecule has 0 bridgehead atoms. The number of rotatable bonds is 19. The highest BCUT2D eigenvalue weighted by Gasteiger charge is 2.32. The van der Waals surface area contributed by atoms with Gasteiger partial charge in [0.2, 0.25) is 0 Å². The fraction of sp³-hybridized carbons (Fsp3) is 0.345. The van der Waals surface area contributed by atoms with E-state index in [0.29, 0.717) is 83.2 Å². The predicted molar refractivity (Wildman–Crippen MR) is 280 cm³/mol. The molecular weight excluding hydrogens is 980 g/mol. The summed E-state index contributed by atoms with van der Waals surface area (Å²) in [5.41, 5.74) is 9.90. The molecule has 2 atom stereocenters. The number of likely N-dealkylation sites (tertiary alicyclic amines) is 2. The first-order chi connectivity index (χ1) is 36.0. The van der Waals surface area contributed by atoms with Crippen LogP contribution in [0.15, 0.2) is 97.6 Å². The topological polar surface area (TPSA) is 169 Å². The standard InChI is InChI=1S/C58H58Cl2N6O8/c1-37-43(35-73-55-23-53(71-33-41-19-39(25-61)27-63-29-41)45(21-49(55)59)31-65-17-7-5-15-51(65)57(67)69-3)11-9-13-47(37)48-14-10-12-44(38(48)2)36-74-56-24-54(72-34-42-20-40(26-62)28-64-30-42)46(22-50(56)60)32-66-18-8-6-16-52(66)58(68)70-4/h9-14,19-24,27-30,51-52H,5-8,15-18,31-36H2,1-4H3. The Bertz CT molecular complexity index is 2880. The van der Waals surface area contributed by atoms with Crippen molar-refractivity contribution in [2.24, 2.45) is 0 Å². The summed E-state index contributed by atoms with van der Waals surface area (Å²) >= 11 is 14.0. The lowest BCUT2D eigenvalue weighted by molar-refractivity contribution is -0.149. The summed E-state index contributed by atoms with van der Waals surface area (Å²) < 4.78 is 36.1. The highest BCUT2D eigenvalue weighted by Crippen LogP contribution is 2.39. The van der Waals surface area contributed by atoms with Gasteiger partial charge >= 0.3 is 11.9 Å². The van der Waals surface area contributed by atoms with E-state index in [0.717, 1.165) is 81.3 Å². The van der Waals surface area contributed by atoms with Crippen molar-refractivity contribution in [3.63, 3.8) is 0 Å². The quantitative estimate of drug-likeness (QED) is 0.0702. The number of halogens is 2. The predicted octanol–water partition coefficient (Wildman–Crippen LogP) is 11.2. The Labute approximate surface area is 442 Å². The average molecular weight is 1040 g/mol. The van der Waals surface area contributed by atoms with Crippen LogP contribution in [0, 0.1) is 36.5 Å². The molecule has 0 amide bonds. The second-order valence-corrected chi connectivity index (χ2v) is 19.3. The lowest BCUT2D eigenvalue weighted by Gasteiger charge is -2.34. The van der Waals surface area contributed by atoms with Gasteiger partial charge in [0, 0.05) is 72.3 Å². The van der Waals surface area contributed by atoms with Crippen molar-refractivity contribution in [3.8, 4) is 46.3 Å². The minimum absolute atomic E-state index is 0.147. The number of nitrogens with zero attached hydrogens (tertiary/aromatic N) is 6. The molecule has 4 aromatic carbocycles. The van der Waals surface area contributed by atoms with E-state index >= 15 is 0 Å². The molecule has 14 nitrogen and oxygen atoms in total. The number of nitriles is 2. The second-order valence-electron chi connectivity index (χ2n) is 18.5. The molecule has 2 aliphatic rings. The van der Waals surface area contributed by atoms with Crippen LogP contribution in [-0.2, 0) is 58.6 Å². The summed E-state index contributed by atoms with van der Waals surface area (Å²) in [4.78, 5) is 38.2. The number of pyridine rings is 2. The molecule has 2 aromatic heterocycles. The van der Waals surface area contributed by atoms with E-state index in [1.54, 1.807) is 36.7 Å². The number of piperidine rings is 2. The van der Waals surface area contributed by atoms with Crippen LogP contribution in [-0.4, -0.2) is 71.1 Å². The van der Waals surface area contributed by atoms with Gasteiger partial charge in [0.1, 0.15) is 73.6 Å². The zero-order chi connectivity index (χ0) is 52.1. The van der Waals surface area contributed by atoms with Crippen LogP contribution in [0.3, 0.4) is 0 Å². The van der Waals surface area contributed by atoms with E-state index < -0.39 is 0 Å². The summed E-state index contributed by atoms with van der Waals surface area (Å²) in [6.45, 7) is 7.11. The Morgan fingerprint density at radius 2 is 0.986 bits per heavy atom. The van der Waals surface area contributed by atoms with E-state index in [2.05, 4.69) is 57.9 Å². The average Bonchev–Trinajstić information content (AvgIpc) is 3.42. The van der Waals surface area contributed by atoms with Crippen LogP contribution in [0.4, 0.5) is 0 Å². The Balaban J connectivity index is 1.01. The Morgan fingerprint density at radius 1 is 0.568 bits per heavy atom. The molecule has 16 heteroatoms. The molecule has 0 saturated carbocycles. The molecule has 0 N–H and O–H groups in total. The lowest BCUT2D eigenvalue weighted by Crippen LogP contribution is -2.44. The van der Waals surface area contributed by atoms with Crippen LogP contribution in [0.2, 0.25) is 10.0 Å². The first-order valence-corrected chi connectivity index (χ1v) is 25.4. The van der Waals surface area contributed by atoms with Crippen molar-refractivity contribution in [2.45, 2.75) is 104 Å². The normalized spacial score (nSPS) is 15.8. The Hall–Kier alpha value is -7.20. The SMILES string of the molecule is COC(=O)C1CCCCN1Cc1cc(Cl)c(OCc2cccc(-c3cccc(COc4cc(OCc5cncc(C#N)c5)c(CN5CCCCC5C(=O)OC)cc4Cl)c3C)c2C)cc1OCc1cncc(C#N)c1. The number of ether oxygens (including phenoxy) is 6. The zero-order valence-corrected chi connectivity index (χ0v) is 43.5. The maximum absolute atomic E-state index is 12.8. The van der Waals surface area contributed by atoms with Crippen LogP contribution >= 0.6 is 23.2 Å². The van der Waals surface area contributed by atoms with Crippen molar-refractivity contribution in [3.05, 3.63) is 163 Å². The van der Waals surface area contributed by atoms with Gasteiger partial charge in [-0.05, 0) is 110 Å². The summed E-state index contributed by atoms with van der Waals surface area (Å²) in [5.74, 6) is 1.39. The molecule has 2 aliphatic heterocycles. The van der Waals surface area contributed by atoms with Gasteiger partial charge in [-0.15, -0.1) is 0 Å². The van der Waals surface area contributed by atoms with Gasteiger partial charge in [-0.2, -0.15) is 10.5 Å². The lowest BCUT2D eigenvalue weighted by atomic mass is 9.92. The van der Waals surface area contributed by atoms with Crippen LogP contribution < -0.4 is 18.9 Å². The Morgan fingerprint density at radius 3 is 1.39 bits per heavy atom. The Kier molecular flexibility index (Phi) is 18.1. The molecule has 0 spiro atoms. The monoisotopic (exact) mass is 1040 g/mol. The number of esters is 2. The molecule has 6 aromatic rings. The van der Waals surface area contributed by atoms with Gasteiger partial charge < -0.3 is 28.4 Å². The van der Waals surface area contributed by atoms with E-state index in [1.165, 1.54) is 26.6 Å². The number of aromatic nitrogens is 2. The third kappa shape index (κ3) is 12.9. The number of carbonyl (C=O) groups is 2. The zero-order valence-electron chi connectivity index (χ0n) is 42.0. The van der Waals surface area contributed by atoms with E-state index in [4.69, 9.17) is 51.6 Å². The molecule has 382 valence electrons. The molecule has 2 fully saturated rings.